The van der Waals surface area contributed by atoms with E-state index in [1.54, 1.807) is 18.3 Å². The van der Waals surface area contributed by atoms with Crippen molar-refractivity contribution in [3.63, 3.8) is 0 Å². The van der Waals surface area contributed by atoms with Crippen LogP contribution in [-0.4, -0.2) is 105 Å². The number of phenols is 1. The molecule has 2 unspecified atom stereocenters. The number of hydrogen-bond acceptors (Lipinski definition) is 12. The number of aromatic hydroxyl groups is 1. The van der Waals surface area contributed by atoms with E-state index in [4.69, 9.17) is 23.7 Å². The van der Waals surface area contributed by atoms with E-state index >= 15 is 4.39 Å². The summed E-state index contributed by atoms with van der Waals surface area (Å²) in [5, 5.41) is 16.8. The maximum Gasteiger partial charge on any atom is 0.410 e. The minimum absolute atomic E-state index is 0.0230. The van der Waals surface area contributed by atoms with Gasteiger partial charge in [-0.1, -0.05) is 32.0 Å². The minimum Gasteiger partial charge on any atom is -0.508 e. The van der Waals surface area contributed by atoms with Crippen LogP contribution in [0.25, 0.3) is 32.9 Å². The lowest BCUT2D eigenvalue weighted by atomic mass is 9.95. The maximum absolute atomic E-state index is 17.1. The molecule has 2 aromatic carbocycles. The second kappa shape index (κ2) is 16.0. The lowest BCUT2D eigenvalue weighted by Crippen LogP contribution is -2.57. The van der Waals surface area contributed by atoms with Gasteiger partial charge >= 0.3 is 12.1 Å². The molecule has 3 saturated heterocycles. The number of carbonyl (C=O) groups excluding carboxylic acids is 1. The number of aryl methyl sites for hydroxylation is 2. The number of carbonyl (C=O) groups is 1. The molecule has 3 aliphatic rings. The van der Waals surface area contributed by atoms with Crippen molar-refractivity contribution < 1.29 is 33.0 Å². The van der Waals surface area contributed by atoms with E-state index in [1.807, 2.05) is 63.8 Å². The molecule has 302 valence electrons. The van der Waals surface area contributed by atoms with Crippen molar-refractivity contribution in [3.05, 3.63) is 59.7 Å². The SMILES string of the molecule is CCc1cc(OCC2CCN(CCOc3nc(N4CC5CCC(C4)N5C(=O)OC(C)(C)C)c4cnc(-c5cc(O)cc6cccc(CC)c56)c(F)c4n3)CC2)no1. The smallest absolute Gasteiger partial charge is 0.410 e. The van der Waals surface area contributed by atoms with Crippen molar-refractivity contribution in [1.82, 2.24) is 29.9 Å². The van der Waals surface area contributed by atoms with E-state index in [0.29, 0.717) is 61.4 Å². The summed E-state index contributed by atoms with van der Waals surface area (Å²) >= 11 is 0. The van der Waals surface area contributed by atoms with Crippen molar-refractivity contribution in [3.8, 4) is 28.9 Å². The van der Waals surface area contributed by atoms with Crippen molar-refractivity contribution in [2.75, 3.05) is 50.8 Å². The van der Waals surface area contributed by atoms with Crippen LogP contribution in [0.3, 0.4) is 0 Å². The van der Waals surface area contributed by atoms with Gasteiger partial charge in [0.05, 0.1) is 24.1 Å². The summed E-state index contributed by atoms with van der Waals surface area (Å²) in [4.78, 5) is 33.9. The molecule has 5 aromatic rings. The van der Waals surface area contributed by atoms with E-state index in [-0.39, 0.29) is 41.1 Å². The predicted molar refractivity (Wildman–Crippen MR) is 214 cm³/mol. The molecule has 6 heterocycles. The third-order valence-electron chi connectivity index (χ3n) is 11.4. The molecule has 0 saturated carbocycles. The Balaban J connectivity index is 1.05. The molecule has 2 bridgehead atoms. The van der Waals surface area contributed by atoms with Gasteiger partial charge in [-0.15, -0.1) is 0 Å². The Kier molecular flexibility index (Phi) is 10.8. The molecule has 0 spiro atoms. The zero-order chi connectivity index (χ0) is 39.8. The monoisotopic (exact) mass is 781 g/mol. The zero-order valence-corrected chi connectivity index (χ0v) is 33.5. The first-order valence-electron chi connectivity index (χ1n) is 20.3. The normalized spacial score (nSPS) is 19.1. The van der Waals surface area contributed by atoms with E-state index in [9.17, 15) is 9.90 Å². The Morgan fingerprint density at radius 1 is 1.00 bits per heavy atom. The molecule has 8 rings (SSSR count). The quantitative estimate of drug-likeness (QED) is 0.142. The molecule has 13 nitrogen and oxygen atoms in total. The van der Waals surface area contributed by atoms with Gasteiger partial charge in [-0.25, -0.2) is 9.18 Å². The molecule has 3 aliphatic heterocycles. The second-order valence-electron chi connectivity index (χ2n) is 16.5. The maximum atomic E-state index is 17.1. The summed E-state index contributed by atoms with van der Waals surface area (Å²) in [5.41, 5.74) is 1.09. The van der Waals surface area contributed by atoms with Gasteiger partial charge in [-0.2, -0.15) is 9.97 Å². The second-order valence-corrected chi connectivity index (χ2v) is 16.5. The lowest BCUT2D eigenvalue weighted by molar-refractivity contribution is 0.0122. The van der Waals surface area contributed by atoms with Crippen LogP contribution in [-0.2, 0) is 17.6 Å². The van der Waals surface area contributed by atoms with Gasteiger partial charge in [0.1, 0.15) is 40.7 Å². The highest BCUT2D eigenvalue weighted by Gasteiger charge is 2.45. The Morgan fingerprint density at radius 2 is 1.77 bits per heavy atom. The largest absolute Gasteiger partial charge is 0.508 e. The number of anilines is 1. The van der Waals surface area contributed by atoms with Gasteiger partial charge in [0.2, 0.25) is 0 Å². The topological polar surface area (TPSA) is 139 Å². The van der Waals surface area contributed by atoms with Crippen molar-refractivity contribution in [1.29, 1.82) is 0 Å². The summed E-state index contributed by atoms with van der Waals surface area (Å²) in [6.07, 6.45) is 6.44. The summed E-state index contributed by atoms with van der Waals surface area (Å²) in [5.74, 6) is 1.69. The van der Waals surface area contributed by atoms with Gasteiger partial charge in [0.25, 0.3) is 5.88 Å². The highest BCUT2D eigenvalue weighted by Crippen LogP contribution is 2.40. The summed E-state index contributed by atoms with van der Waals surface area (Å²) in [6, 6.07) is 10.9. The molecule has 3 aromatic heterocycles. The third kappa shape index (κ3) is 8.14. The number of likely N-dealkylation sites (tertiary alicyclic amines) is 1. The van der Waals surface area contributed by atoms with Crippen molar-refractivity contribution in [2.45, 2.75) is 90.8 Å². The van der Waals surface area contributed by atoms with Crippen LogP contribution in [0.15, 0.2) is 47.1 Å². The van der Waals surface area contributed by atoms with Crippen LogP contribution >= 0.6 is 0 Å². The number of aromatic nitrogens is 4. The highest BCUT2D eigenvalue weighted by molar-refractivity contribution is 6.01. The molecule has 0 aliphatic carbocycles. The molecular weight excluding hydrogens is 730 g/mol. The predicted octanol–water partition coefficient (Wildman–Crippen LogP) is 7.56. The highest BCUT2D eigenvalue weighted by atomic mass is 19.1. The average molecular weight is 782 g/mol. The minimum atomic E-state index is -0.616. The Bertz CT molecular complexity index is 2240. The molecular formula is C43H52FN7O6. The number of rotatable bonds is 11. The van der Waals surface area contributed by atoms with Gasteiger partial charge in [-0.3, -0.25) is 14.8 Å². The van der Waals surface area contributed by atoms with Gasteiger partial charge in [0.15, 0.2) is 5.82 Å². The number of hydrogen-bond donors (Lipinski definition) is 1. The van der Waals surface area contributed by atoms with Crippen molar-refractivity contribution in [2.24, 2.45) is 5.92 Å². The number of piperidine rings is 1. The van der Waals surface area contributed by atoms with Gasteiger partial charge in [0, 0.05) is 43.9 Å². The number of benzene rings is 2. The third-order valence-corrected chi connectivity index (χ3v) is 11.4. The van der Waals surface area contributed by atoms with E-state index in [1.165, 1.54) is 0 Å². The first kappa shape index (κ1) is 38.6. The van der Waals surface area contributed by atoms with Gasteiger partial charge in [-0.05, 0) is 106 Å². The average Bonchev–Trinajstić information content (AvgIpc) is 3.77. The fourth-order valence-corrected chi connectivity index (χ4v) is 8.55. The van der Waals surface area contributed by atoms with Crippen LogP contribution in [0.2, 0.25) is 0 Å². The number of amides is 1. The number of phenolic OH excluding ortho intramolecular Hbond substituents is 1. The standard InChI is InChI=1S/C43H52FN7O6/c1-6-27-9-8-10-28-19-31(52)20-33(36(27)28)38-37(44)39-34(22-45-38)40(50-23-29-11-12-30(24-50)51(29)42(53)56-43(3,4)5)47-41(46-39)54-18-17-49-15-13-26(14-16-49)25-55-35-21-32(7-2)57-48-35/h8-10,19-22,26,29-30,52H,6-7,11-18,23-25H2,1-5H3. The van der Waals surface area contributed by atoms with Crippen LogP contribution in [0.4, 0.5) is 15.0 Å². The molecule has 1 N–H and O–H groups in total. The van der Waals surface area contributed by atoms with Crippen LogP contribution in [0.5, 0.6) is 17.6 Å². The molecule has 3 fully saturated rings. The fourth-order valence-electron chi connectivity index (χ4n) is 8.55. The number of ether oxygens (including phenoxy) is 3. The molecule has 0 radical (unpaired) electrons. The summed E-state index contributed by atoms with van der Waals surface area (Å²) in [6.45, 7) is 14.0. The van der Waals surface area contributed by atoms with Crippen molar-refractivity contribution >= 4 is 33.6 Å². The first-order valence-corrected chi connectivity index (χ1v) is 20.3. The van der Waals surface area contributed by atoms with E-state index in [0.717, 1.165) is 73.7 Å². The lowest BCUT2D eigenvalue weighted by Gasteiger charge is -2.42. The molecule has 1 amide bonds. The summed E-state index contributed by atoms with van der Waals surface area (Å²) in [7, 11) is 0. The molecule has 2 atom stereocenters. The van der Waals surface area contributed by atoms with Crippen LogP contribution in [0, 0.1) is 11.7 Å². The Morgan fingerprint density at radius 3 is 2.47 bits per heavy atom. The van der Waals surface area contributed by atoms with Gasteiger partial charge < -0.3 is 28.7 Å². The Labute approximate surface area is 332 Å². The van der Waals surface area contributed by atoms with E-state index < -0.39 is 11.4 Å². The number of halogens is 1. The number of piperazine rings is 1. The first-order chi connectivity index (χ1) is 27.5. The molecule has 57 heavy (non-hydrogen) atoms. The van der Waals surface area contributed by atoms with E-state index in [2.05, 4.69) is 24.9 Å². The van der Waals surface area contributed by atoms with Crippen LogP contribution < -0.4 is 14.4 Å². The molecule has 14 heteroatoms. The summed E-state index contributed by atoms with van der Waals surface area (Å²) < 4.78 is 40.3. The zero-order valence-electron chi connectivity index (χ0n) is 33.5. The fraction of sp³-hybridized carbons (Fsp3) is 0.512. The number of fused-ring (bicyclic) bond motifs is 4. The van der Waals surface area contributed by atoms with Crippen LogP contribution in [0.1, 0.15) is 71.6 Å². The Hall–Kier alpha value is -5.24. The number of pyridine rings is 1. The number of nitrogens with zero attached hydrogens (tertiary/aromatic N) is 7.